The Bertz CT molecular complexity index is 576. The van der Waals surface area contributed by atoms with Gasteiger partial charge < -0.3 is 5.73 Å². The lowest BCUT2D eigenvalue weighted by Crippen LogP contribution is -1.98. The minimum absolute atomic E-state index is 0.531. The normalized spacial score (nSPS) is 12.3. The van der Waals surface area contributed by atoms with Crippen molar-refractivity contribution in [1.29, 1.82) is 0 Å². The van der Waals surface area contributed by atoms with E-state index in [0.29, 0.717) is 5.75 Å². The van der Waals surface area contributed by atoms with E-state index in [1.54, 1.807) is 0 Å². The molecule has 1 atom stereocenters. The summed E-state index contributed by atoms with van der Waals surface area (Å²) in [6, 6.07) is 13.5. The van der Waals surface area contributed by atoms with Crippen LogP contribution in [0.15, 0.2) is 47.4 Å². The molecule has 2 nitrogen and oxygen atoms in total. The second kappa shape index (κ2) is 5.36. The Kier molecular flexibility index (Phi) is 3.82. The van der Waals surface area contributed by atoms with Gasteiger partial charge in [0.15, 0.2) is 0 Å². The van der Waals surface area contributed by atoms with E-state index in [2.05, 4.69) is 6.92 Å². The van der Waals surface area contributed by atoms with Gasteiger partial charge in [0.1, 0.15) is 0 Å². The van der Waals surface area contributed by atoms with Gasteiger partial charge in [-0.05, 0) is 54.8 Å². The van der Waals surface area contributed by atoms with Gasteiger partial charge in [-0.2, -0.15) is 0 Å². The highest BCUT2D eigenvalue weighted by Crippen LogP contribution is 2.17. The van der Waals surface area contributed by atoms with Crippen LogP contribution in [0.25, 0.3) is 0 Å². The Morgan fingerprint density at radius 3 is 2.28 bits per heavy atom. The molecule has 0 aromatic heterocycles. The molecule has 3 heteroatoms. The predicted molar refractivity (Wildman–Crippen MR) is 76.9 cm³/mol. The maximum Gasteiger partial charge on any atom is 0.0574 e. The maximum absolute atomic E-state index is 12.2. The fourth-order valence-corrected chi connectivity index (χ4v) is 2.89. The Hall–Kier alpha value is -1.61. The SMILES string of the molecule is Cc1ccc(S(=O)Cc2ccc(N)cc2)cc1C. The van der Waals surface area contributed by atoms with Crippen LogP contribution in [0.2, 0.25) is 0 Å². The average Bonchev–Trinajstić information content (AvgIpc) is 2.35. The second-order valence-corrected chi connectivity index (χ2v) is 5.93. The van der Waals surface area contributed by atoms with Crippen molar-refractivity contribution in [2.75, 3.05) is 5.73 Å². The Labute approximate surface area is 110 Å². The summed E-state index contributed by atoms with van der Waals surface area (Å²) < 4.78 is 12.2. The highest BCUT2D eigenvalue weighted by atomic mass is 32.2. The topological polar surface area (TPSA) is 43.1 Å². The van der Waals surface area contributed by atoms with E-state index in [1.165, 1.54) is 11.1 Å². The van der Waals surface area contributed by atoms with Gasteiger partial charge >= 0.3 is 0 Å². The van der Waals surface area contributed by atoms with E-state index in [0.717, 1.165) is 16.1 Å². The first-order valence-electron chi connectivity index (χ1n) is 5.86. The molecule has 0 saturated carbocycles. The third-order valence-corrected chi connectivity index (χ3v) is 4.39. The number of nitrogen functional groups attached to an aromatic ring is 1. The van der Waals surface area contributed by atoms with Crippen LogP contribution in [0.4, 0.5) is 5.69 Å². The molecule has 0 aliphatic rings. The summed E-state index contributed by atoms with van der Waals surface area (Å²) in [6.45, 7) is 4.10. The van der Waals surface area contributed by atoms with Gasteiger partial charge in [0, 0.05) is 10.6 Å². The molecule has 1 unspecified atom stereocenters. The van der Waals surface area contributed by atoms with E-state index in [-0.39, 0.29) is 0 Å². The molecule has 2 rings (SSSR count). The molecule has 0 radical (unpaired) electrons. The van der Waals surface area contributed by atoms with Crippen molar-refractivity contribution in [2.24, 2.45) is 0 Å². The Balaban J connectivity index is 2.16. The number of hydrogen-bond acceptors (Lipinski definition) is 2. The first-order chi connectivity index (χ1) is 8.56. The van der Waals surface area contributed by atoms with Gasteiger partial charge in [0.05, 0.1) is 16.6 Å². The van der Waals surface area contributed by atoms with Crippen molar-refractivity contribution in [2.45, 2.75) is 24.5 Å². The lowest BCUT2D eigenvalue weighted by atomic mass is 10.1. The molecule has 94 valence electrons. The predicted octanol–water partition coefficient (Wildman–Crippen LogP) is 3.19. The minimum Gasteiger partial charge on any atom is -0.399 e. The third-order valence-electron chi connectivity index (χ3n) is 3.02. The highest BCUT2D eigenvalue weighted by molar-refractivity contribution is 7.84. The smallest absolute Gasteiger partial charge is 0.0574 e. The van der Waals surface area contributed by atoms with Gasteiger partial charge in [0.2, 0.25) is 0 Å². The molecule has 0 aliphatic carbocycles. The number of benzene rings is 2. The standard InChI is InChI=1S/C15H17NOS/c1-11-3-8-15(9-12(11)2)18(17)10-13-4-6-14(16)7-5-13/h3-9H,10,16H2,1-2H3. The summed E-state index contributed by atoms with van der Waals surface area (Å²) in [5, 5.41) is 0. The van der Waals surface area contributed by atoms with Crippen LogP contribution in [0.5, 0.6) is 0 Å². The molecule has 0 fully saturated rings. The Morgan fingerprint density at radius 1 is 1.00 bits per heavy atom. The monoisotopic (exact) mass is 259 g/mol. The maximum atomic E-state index is 12.2. The fraction of sp³-hybridized carbons (Fsp3) is 0.200. The van der Waals surface area contributed by atoms with Crippen LogP contribution < -0.4 is 5.73 Å². The zero-order valence-electron chi connectivity index (χ0n) is 10.6. The van der Waals surface area contributed by atoms with Crippen molar-refractivity contribution in [3.05, 3.63) is 59.2 Å². The van der Waals surface area contributed by atoms with Crippen LogP contribution in [0.1, 0.15) is 16.7 Å². The van der Waals surface area contributed by atoms with Crippen molar-refractivity contribution >= 4 is 16.5 Å². The molecule has 0 bridgehead atoms. The molecule has 0 amide bonds. The third kappa shape index (κ3) is 2.99. The number of hydrogen-bond donors (Lipinski definition) is 1. The Morgan fingerprint density at radius 2 is 1.67 bits per heavy atom. The first kappa shape index (κ1) is 12.8. The molecular formula is C15H17NOS. The second-order valence-electron chi connectivity index (χ2n) is 4.48. The largest absolute Gasteiger partial charge is 0.399 e. The van der Waals surface area contributed by atoms with Crippen LogP contribution in [-0.4, -0.2) is 4.21 Å². The minimum atomic E-state index is -1.00. The highest BCUT2D eigenvalue weighted by Gasteiger charge is 2.06. The zero-order valence-corrected chi connectivity index (χ0v) is 11.5. The molecule has 2 N–H and O–H groups in total. The van der Waals surface area contributed by atoms with E-state index >= 15 is 0 Å². The quantitative estimate of drug-likeness (QED) is 0.860. The number of aryl methyl sites for hydroxylation is 2. The van der Waals surface area contributed by atoms with Crippen molar-refractivity contribution in [1.82, 2.24) is 0 Å². The van der Waals surface area contributed by atoms with Crippen molar-refractivity contribution in [3.63, 3.8) is 0 Å². The van der Waals surface area contributed by atoms with Crippen LogP contribution in [-0.2, 0) is 16.6 Å². The lowest BCUT2D eigenvalue weighted by molar-refractivity contribution is 0.682. The summed E-state index contributed by atoms with van der Waals surface area (Å²) in [4.78, 5) is 0.884. The van der Waals surface area contributed by atoms with Crippen molar-refractivity contribution in [3.8, 4) is 0 Å². The summed E-state index contributed by atoms with van der Waals surface area (Å²) in [5.41, 5.74) is 9.81. The first-order valence-corrected chi connectivity index (χ1v) is 7.18. The lowest BCUT2D eigenvalue weighted by Gasteiger charge is -2.06. The van der Waals surface area contributed by atoms with Gasteiger partial charge in [-0.25, -0.2) is 0 Å². The van der Waals surface area contributed by atoms with Crippen molar-refractivity contribution < 1.29 is 4.21 Å². The van der Waals surface area contributed by atoms with E-state index in [9.17, 15) is 4.21 Å². The number of nitrogens with two attached hydrogens (primary N) is 1. The van der Waals surface area contributed by atoms with Gasteiger partial charge in [-0.15, -0.1) is 0 Å². The average molecular weight is 259 g/mol. The summed E-state index contributed by atoms with van der Waals surface area (Å²) in [7, 11) is -1.00. The molecule has 2 aromatic carbocycles. The van der Waals surface area contributed by atoms with Gasteiger partial charge in [0.25, 0.3) is 0 Å². The zero-order chi connectivity index (χ0) is 13.1. The summed E-state index contributed by atoms with van der Waals surface area (Å²) >= 11 is 0. The molecule has 0 heterocycles. The summed E-state index contributed by atoms with van der Waals surface area (Å²) in [6.07, 6.45) is 0. The molecule has 0 spiro atoms. The molecule has 18 heavy (non-hydrogen) atoms. The molecule has 0 saturated heterocycles. The molecule has 2 aromatic rings. The number of anilines is 1. The molecular weight excluding hydrogens is 242 g/mol. The van der Waals surface area contributed by atoms with E-state index in [1.807, 2.05) is 49.4 Å². The number of rotatable bonds is 3. The van der Waals surface area contributed by atoms with Crippen LogP contribution in [0.3, 0.4) is 0 Å². The summed E-state index contributed by atoms with van der Waals surface area (Å²) in [5.74, 6) is 0.531. The van der Waals surface area contributed by atoms with Crippen LogP contribution in [0, 0.1) is 13.8 Å². The van der Waals surface area contributed by atoms with Crippen LogP contribution >= 0.6 is 0 Å². The fourth-order valence-electron chi connectivity index (χ4n) is 1.70. The van der Waals surface area contributed by atoms with Gasteiger partial charge in [-0.3, -0.25) is 4.21 Å². The molecule has 0 aliphatic heterocycles. The van der Waals surface area contributed by atoms with Gasteiger partial charge in [-0.1, -0.05) is 18.2 Å². The van der Waals surface area contributed by atoms with E-state index < -0.39 is 10.8 Å². The van der Waals surface area contributed by atoms with E-state index in [4.69, 9.17) is 5.73 Å².